The second-order valence-corrected chi connectivity index (χ2v) is 8.47. The molecule has 28 heavy (non-hydrogen) atoms. The maximum absolute atomic E-state index is 13.0. The molecule has 1 amide bonds. The average molecular weight is 403 g/mol. The molecule has 1 aromatic carbocycles. The van der Waals surface area contributed by atoms with Crippen molar-refractivity contribution in [2.75, 3.05) is 19.6 Å². The molecule has 6 heteroatoms. The zero-order valence-electron chi connectivity index (χ0n) is 16.8. The maximum Gasteiger partial charge on any atom is 0.226 e. The third-order valence-corrected chi connectivity index (χ3v) is 6.50. The largest absolute Gasteiger partial charge is 0.342 e. The van der Waals surface area contributed by atoms with E-state index in [9.17, 15) is 4.79 Å². The van der Waals surface area contributed by atoms with Gasteiger partial charge in [-0.05, 0) is 50.2 Å². The number of nitrogens with two attached hydrogens (primary N) is 1. The van der Waals surface area contributed by atoms with E-state index in [1.54, 1.807) is 0 Å². The molecule has 2 atom stereocenters. The Kier molecular flexibility index (Phi) is 6.15. The normalized spacial score (nSPS) is 23.4. The molecule has 1 saturated heterocycles. The first-order chi connectivity index (χ1) is 13.0. The fourth-order valence-corrected chi connectivity index (χ4v) is 4.45. The molecule has 2 unspecified atom stereocenters. The van der Waals surface area contributed by atoms with Crippen LogP contribution in [0.25, 0.3) is 0 Å². The Morgan fingerprint density at radius 3 is 2.50 bits per heavy atom. The monoisotopic (exact) mass is 402 g/mol. The third kappa shape index (κ3) is 3.83. The third-order valence-electron chi connectivity index (χ3n) is 6.50. The van der Waals surface area contributed by atoms with Gasteiger partial charge in [0.2, 0.25) is 5.91 Å². The first-order valence-electron chi connectivity index (χ1n) is 10.1. The SMILES string of the molecule is CC(C)n1cc(C2CC2C(=O)N2CCC(CN)(c3ccccc3)CC2)cn1.Cl. The van der Waals surface area contributed by atoms with Gasteiger partial charge in [0.25, 0.3) is 0 Å². The summed E-state index contributed by atoms with van der Waals surface area (Å²) in [7, 11) is 0. The minimum Gasteiger partial charge on any atom is -0.342 e. The molecule has 2 aliphatic rings. The molecular weight excluding hydrogens is 372 g/mol. The molecule has 0 spiro atoms. The summed E-state index contributed by atoms with van der Waals surface area (Å²) in [5.74, 6) is 0.799. The highest BCUT2D eigenvalue weighted by atomic mass is 35.5. The lowest BCUT2D eigenvalue weighted by atomic mass is 9.73. The van der Waals surface area contributed by atoms with E-state index >= 15 is 0 Å². The predicted octanol–water partition coefficient (Wildman–Crippen LogP) is 3.51. The van der Waals surface area contributed by atoms with E-state index in [1.807, 2.05) is 16.9 Å². The minimum absolute atomic E-state index is 0. The van der Waals surface area contributed by atoms with Crippen molar-refractivity contribution >= 4 is 18.3 Å². The fourth-order valence-electron chi connectivity index (χ4n) is 4.45. The van der Waals surface area contributed by atoms with Gasteiger partial charge in [-0.25, -0.2) is 0 Å². The summed E-state index contributed by atoms with van der Waals surface area (Å²) < 4.78 is 1.98. The van der Waals surface area contributed by atoms with E-state index in [1.165, 1.54) is 11.1 Å². The molecule has 1 aliphatic heterocycles. The Labute approximate surface area is 173 Å². The number of aromatic nitrogens is 2. The van der Waals surface area contributed by atoms with E-state index in [4.69, 9.17) is 5.73 Å². The van der Waals surface area contributed by atoms with Crippen molar-refractivity contribution in [3.8, 4) is 0 Å². The summed E-state index contributed by atoms with van der Waals surface area (Å²) in [6, 6.07) is 10.9. The topological polar surface area (TPSA) is 64.2 Å². The molecule has 2 aromatic rings. The van der Waals surface area contributed by atoms with Crippen molar-refractivity contribution in [3.05, 3.63) is 53.9 Å². The first-order valence-corrected chi connectivity index (χ1v) is 10.1. The van der Waals surface area contributed by atoms with Gasteiger partial charge in [-0.1, -0.05) is 30.3 Å². The molecule has 1 aliphatic carbocycles. The van der Waals surface area contributed by atoms with E-state index in [-0.39, 0.29) is 23.7 Å². The van der Waals surface area contributed by atoms with Crippen molar-refractivity contribution in [2.45, 2.75) is 50.5 Å². The van der Waals surface area contributed by atoms with Gasteiger partial charge in [0.05, 0.1) is 6.20 Å². The fraction of sp³-hybridized carbons (Fsp3) is 0.545. The number of piperidine rings is 1. The van der Waals surface area contributed by atoms with Crippen LogP contribution in [0.4, 0.5) is 0 Å². The second kappa shape index (κ2) is 8.26. The quantitative estimate of drug-likeness (QED) is 0.832. The van der Waals surface area contributed by atoms with E-state index in [2.05, 4.69) is 54.3 Å². The Morgan fingerprint density at radius 1 is 1.25 bits per heavy atom. The molecule has 152 valence electrons. The van der Waals surface area contributed by atoms with Crippen molar-refractivity contribution in [1.82, 2.24) is 14.7 Å². The van der Waals surface area contributed by atoms with Crippen LogP contribution >= 0.6 is 12.4 Å². The highest BCUT2D eigenvalue weighted by Gasteiger charge is 2.47. The Morgan fingerprint density at radius 2 is 1.93 bits per heavy atom. The number of rotatable bonds is 5. The number of halogens is 1. The molecule has 4 rings (SSSR count). The molecule has 2 heterocycles. The Balaban J connectivity index is 0.00000225. The predicted molar refractivity (Wildman–Crippen MR) is 114 cm³/mol. The van der Waals surface area contributed by atoms with Gasteiger partial charge in [0.15, 0.2) is 0 Å². The second-order valence-electron chi connectivity index (χ2n) is 8.47. The van der Waals surface area contributed by atoms with Crippen LogP contribution in [-0.4, -0.2) is 40.2 Å². The van der Waals surface area contributed by atoms with Crippen LogP contribution in [0, 0.1) is 5.92 Å². The molecule has 0 bridgehead atoms. The highest BCUT2D eigenvalue weighted by molar-refractivity contribution is 5.85. The van der Waals surface area contributed by atoms with Crippen LogP contribution in [-0.2, 0) is 10.2 Å². The molecule has 1 aromatic heterocycles. The molecule has 2 fully saturated rings. The lowest BCUT2D eigenvalue weighted by Gasteiger charge is -2.41. The summed E-state index contributed by atoms with van der Waals surface area (Å²) in [5.41, 5.74) is 8.71. The standard InChI is InChI=1S/C22H30N4O.ClH/c1-16(2)26-14-17(13-24-26)19-12-20(19)21(27)25-10-8-22(15-23,9-11-25)18-6-4-3-5-7-18;/h3-7,13-14,16,19-20H,8-12,15,23H2,1-2H3;1H. The first kappa shape index (κ1) is 20.9. The van der Waals surface area contributed by atoms with Crippen LogP contribution in [0.1, 0.15) is 56.2 Å². The number of benzene rings is 1. The van der Waals surface area contributed by atoms with Gasteiger partial charge in [-0.15, -0.1) is 12.4 Å². The highest BCUT2D eigenvalue weighted by Crippen LogP contribution is 2.49. The number of hydrogen-bond donors (Lipinski definition) is 1. The molecule has 1 saturated carbocycles. The Hall–Kier alpha value is -1.85. The van der Waals surface area contributed by atoms with Crippen molar-refractivity contribution in [3.63, 3.8) is 0 Å². The molecule has 0 radical (unpaired) electrons. The number of carbonyl (C=O) groups excluding carboxylic acids is 1. The summed E-state index contributed by atoms with van der Waals surface area (Å²) in [4.78, 5) is 15.1. The van der Waals surface area contributed by atoms with Gasteiger partial charge in [-0.3, -0.25) is 9.48 Å². The maximum atomic E-state index is 13.0. The molecular formula is C22H31ClN4O. The van der Waals surface area contributed by atoms with Crippen LogP contribution < -0.4 is 5.73 Å². The summed E-state index contributed by atoms with van der Waals surface area (Å²) >= 11 is 0. The molecule has 2 N–H and O–H groups in total. The number of nitrogens with zero attached hydrogens (tertiary/aromatic N) is 3. The van der Waals surface area contributed by atoms with Crippen LogP contribution in [0.5, 0.6) is 0 Å². The number of amides is 1. The van der Waals surface area contributed by atoms with Crippen molar-refractivity contribution in [2.24, 2.45) is 11.7 Å². The summed E-state index contributed by atoms with van der Waals surface area (Å²) in [5, 5.41) is 4.42. The van der Waals surface area contributed by atoms with E-state index < -0.39 is 0 Å². The van der Waals surface area contributed by atoms with Gasteiger partial charge in [0, 0.05) is 43.2 Å². The lowest BCUT2D eigenvalue weighted by Crippen LogP contribution is -2.49. The zero-order chi connectivity index (χ0) is 19.0. The smallest absolute Gasteiger partial charge is 0.226 e. The van der Waals surface area contributed by atoms with Crippen molar-refractivity contribution in [1.29, 1.82) is 0 Å². The number of hydrogen-bond acceptors (Lipinski definition) is 3. The van der Waals surface area contributed by atoms with E-state index in [0.29, 0.717) is 24.4 Å². The van der Waals surface area contributed by atoms with Gasteiger partial charge in [-0.2, -0.15) is 5.10 Å². The van der Waals surface area contributed by atoms with Crippen LogP contribution in [0.3, 0.4) is 0 Å². The van der Waals surface area contributed by atoms with Crippen molar-refractivity contribution < 1.29 is 4.79 Å². The van der Waals surface area contributed by atoms with Gasteiger partial charge in [0.1, 0.15) is 0 Å². The summed E-state index contributed by atoms with van der Waals surface area (Å²) in [6.07, 6.45) is 6.89. The average Bonchev–Trinajstić information content (AvgIpc) is 3.35. The lowest BCUT2D eigenvalue weighted by molar-refractivity contribution is -0.134. The summed E-state index contributed by atoms with van der Waals surface area (Å²) in [6.45, 7) is 6.49. The zero-order valence-corrected chi connectivity index (χ0v) is 17.6. The Bertz CT molecular complexity index is 796. The van der Waals surface area contributed by atoms with Gasteiger partial charge >= 0.3 is 0 Å². The minimum atomic E-state index is 0. The van der Waals surface area contributed by atoms with Gasteiger partial charge < -0.3 is 10.6 Å². The molecule has 5 nitrogen and oxygen atoms in total. The van der Waals surface area contributed by atoms with Crippen LogP contribution in [0.15, 0.2) is 42.7 Å². The van der Waals surface area contributed by atoms with Crippen LogP contribution in [0.2, 0.25) is 0 Å². The van der Waals surface area contributed by atoms with E-state index in [0.717, 1.165) is 32.4 Å². The number of likely N-dealkylation sites (tertiary alicyclic amines) is 1. The number of carbonyl (C=O) groups is 1.